The van der Waals surface area contributed by atoms with Gasteiger partial charge in [0.25, 0.3) is 11.5 Å². The van der Waals surface area contributed by atoms with Crippen LogP contribution in [-0.4, -0.2) is 46.5 Å². The zero-order valence-corrected chi connectivity index (χ0v) is 16.5. The smallest absolute Gasteiger partial charge is 0.329 e. The molecule has 156 valence electrons. The number of amides is 1. The number of carbonyl (C=O) groups is 1. The van der Waals surface area contributed by atoms with Gasteiger partial charge in [-0.15, -0.1) is 0 Å². The molecule has 0 unspecified atom stereocenters. The number of benzene rings is 2. The summed E-state index contributed by atoms with van der Waals surface area (Å²) >= 11 is 0. The third-order valence-corrected chi connectivity index (χ3v) is 5.41. The first kappa shape index (κ1) is 20.0. The Labute approximate surface area is 172 Å². The molecule has 1 aromatic heterocycles. The molecule has 4 rings (SSSR count). The van der Waals surface area contributed by atoms with E-state index in [0.717, 1.165) is 24.2 Å². The summed E-state index contributed by atoms with van der Waals surface area (Å²) in [7, 11) is 0. The van der Waals surface area contributed by atoms with E-state index in [0.29, 0.717) is 28.6 Å². The van der Waals surface area contributed by atoms with Gasteiger partial charge in [0.1, 0.15) is 5.82 Å². The number of likely N-dealkylation sites (tertiary alicyclic amines) is 1. The topological polar surface area (TPSA) is 87.2 Å². The zero-order chi connectivity index (χ0) is 21.1. The monoisotopic (exact) mass is 410 g/mol. The maximum Gasteiger partial charge on any atom is 0.329 e. The summed E-state index contributed by atoms with van der Waals surface area (Å²) in [4.78, 5) is 42.6. The summed E-state index contributed by atoms with van der Waals surface area (Å²) in [6.45, 7) is 3.52. The van der Waals surface area contributed by atoms with Gasteiger partial charge in [0.2, 0.25) is 0 Å². The molecule has 0 aliphatic carbocycles. The van der Waals surface area contributed by atoms with Gasteiger partial charge in [0.05, 0.1) is 17.4 Å². The Kier molecular flexibility index (Phi) is 5.76. The molecule has 0 spiro atoms. The zero-order valence-electron chi connectivity index (χ0n) is 16.5. The molecule has 1 fully saturated rings. The van der Waals surface area contributed by atoms with Crippen LogP contribution in [0.2, 0.25) is 0 Å². The number of carbonyl (C=O) groups excluding carboxylic acids is 1. The first-order valence-electron chi connectivity index (χ1n) is 10.0. The molecule has 7 nitrogen and oxygen atoms in total. The quantitative estimate of drug-likeness (QED) is 0.648. The minimum atomic E-state index is -0.580. The van der Waals surface area contributed by atoms with Crippen molar-refractivity contribution >= 4 is 16.8 Å². The minimum absolute atomic E-state index is 0.0309. The normalized spacial score (nSPS) is 14.3. The second-order valence-corrected chi connectivity index (χ2v) is 7.51. The number of aromatic amines is 1. The highest BCUT2D eigenvalue weighted by molar-refractivity contribution is 5.97. The number of nitrogens with zero attached hydrogens (tertiary/aromatic N) is 2. The van der Waals surface area contributed by atoms with E-state index in [1.54, 1.807) is 12.1 Å². The first-order valence-corrected chi connectivity index (χ1v) is 10.0. The molecule has 0 saturated carbocycles. The predicted molar refractivity (Wildman–Crippen MR) is 112 cm³/mol. The molecule has 8 heteroatoms. The predicted octanol–water partition coefficient (Wildman–Crippen LogP) is 1.70. The van der Waals surface area contributed by atoms with E-state index in [-0.39, 0.29) is 18.3 Å². The fourth-order valence-electron chi connectivity index (χ4n) is 3.75. The molecule has 2 heterocycles. The lowest BCUT2D eigenvalue weighted by Gasteiger charge is -2.14. The molecular formula is C22H23FN4O3. The molecular weight excluding hydrogens is 387 g/mol. The van der Waals surface area contributed by atoms with E-state index in [4.69, 9.17) is 0 Å². The van der Waals surface area contributed by atoms with Gasteiger partial charge in [-0.1, -0.05) is 12.1 Å². The Morgan fingerprint density at radius 1 is 1.07 bits per heavy atom. The molecule has 3 aromatic rings. The molecule has 1 aliphatic rings. The molecule has 1 aliphatic heterocycles. The third kappa shape index (κ3) is 4.33. The highest BCUT2D eigenvalue weighted by Crippen LogP contribution is 2.11. The average molecular weight is 410 g/mol. The Hall–Kier alpha value is -3.26. The molecule has 0 radical (unpaired) electrons. The van der Waals surface area contributed by atoms with Crippen molar-refractivity contribution in [3.63, 3.8) is 0 Å². The van der Waals surface area contributed by atoms with Crippen molar-refractivity contribution in [3.05, 3.63) is 80.2 Å². The van der Waals surface area contributed by atoms with Crippen molar-refractivity contribution in [1.82, 2.24) is 19.8 Å². The number of fused-ring (bicyclic) bond motifs is 1. The Balaban J connectivity index is 1.53. The van der Waals surface area contributed by atoms with Gasteiger partial charge >= 0.3 is 5.69 Å². The third-order valence-electron chi connectivity index (χ3n) is 5.41. The SMILES string of the molecule is O=C(NCCN1CCCC1)c1ccc2c(=O)n(Cc3ccc(F)cc3)c(=O)[nH]c2c1. The molecule has 1 amide bonds. The van der Waals surface area contributed by atoms with Gasteiger partial charge in [-0.3, -0.25) is 14.2 Å². The van der Waals surface area contributed by atoms with E-state index in [1.807, 2.05) is 0 Å². The van der Waals surface area contributed by atoms with Crippen LogP contribution >= 0.6 is 0 Å². The van der Waals surface area contributed by atoms with Gasteiger partial charge in [-0.2, -0.15) is 0 Å². The summed E-state index contributed by atoms with van der Waals surface area (Å²) in [5.41, 5.74) is 0.294. The highest BCUT2D eigenvalue weighted by Gasteiger charge is 2.14. The van der Waals surface area contributed by atoms with Crippen LogP contribution in [0.1, 0.15) is 28.8 Å². The van der Waals surface area contributed by atoms with Crippen LogP contribution in [0, 0.1) is 5.82 Å². The second-order valence-electron chi connectivity index (χ2n) is 7.51. The number of aromatic nitrogens is 2. The standard InChI is InChI=1S/C22H23FN4O3/c23-17-6-3-15(4-7-17)14-27-21(29)18-8-5-16(13-19(18)25-22(27)30)20(28)24-9-12-26-10-1-2-11-26/h3-8,13H,1-2,9-12,14H2,(H,24,28)(H,25,30). The van der Waals surface area contributed by atoms with Crippen LogP contribution in [0.25, 0.3) is 10.9 Å². The molecule has 2 N–H and O–H groups in total. The number of H-pyrrole nitrogens is 1. The first-order chi connectivity index (χ1) is 14.5. The lowest BCUT2D eigenvalue weighted by molar-refractivity contribution is 0.0950. The Morgan fingerprint density at radius 3 is 2.53 bits per heavy atom. The van der Waals surface area contributed by atoms with Gasteiger partial charge in [-0.05, 0) is 61.8 Å². The summed E-state index contributed by atoms with van der Waals surface area (Å²) < 4.78 is 14.1. The number of hydrogen-bond donors (Lipinski definition) is 2. The lowest BCUT2D eigenvalue weighted by Crippen LogP contribution is -2.35. The largest absolute Gasteiger partial charge is 0.351 e. The lowest BCUT2D eigenvalue weighted by atomic mass is 10.1. The Bertz CT molecular complexity index is 1180. The van der Waals surface area contributed by atoms with Crippen molar-refractivity contribution in [2.24, 2.45) is 0 Å². The molecule has 1 saturated heterocycles. The summed E-state index contributed by atoms with van der Waals surface area (Å²) in [5.74, 6) is -0.628. The number of nitrogens with one attached hydrogen (secondary N) is 2. The maximum absolute atomic E-state index is 13.1. The molecule has 0 atom stereocenters. The van der Waals surface area contributed by atoms with Gasteiger partial charge in [-0.25, -0.2) is 9.18 Å². The maximum atomic E-state index is 13.1. The van der Waals surface area contributed by atoms with Gasteiger partial charge in [0, 0.05) is 18.7 Å². The molecule has 30 heavy (non-hydrogen) atoms. The van der Waals surface area contributed by atoms with Gasteiger partial charge < -0.3 is 15.2 Å². The van der Waals surface area contributed by atoms with Crippen LogP contribution in [-0.2, 0) is 6.54 Å². The number of rotatable bonds is 6. The molecule has 2 aromatic carbocycles. The summed E-state index contributed by atoms with van der Waals surface area (Å²) in [6.07, 6.45) is 2.40. The summed E-state index contributed by atoms with van der Waals surface area (Å²) in [6, 6.07) is 10.3. The van der Waals surface area contributed by atoms with Crippen LogP contribution in [0.4, 0.5) is 4.39 Å². The summed E-state index contributed by atoms with van der Waals surface area (Å²) in [5, 5.41) is 3.19. The van der Waals surface area contributed by atoms with E-state index >= 15 is 0 Å². The highest BCUT2D eigenvalue weighted by atomic mass is 19.1. The van der Waals surface area contributed by atoms with Crippen molar-refractivity contribution < 1.29 is 9.18 Å². The van der Waals surface area contributed by atoms with E-state index in [2.05, 4.69) is 15.2 Å². The Morgan fingerprint density at radius 2 is 1.80 bits per heavy atom. The fourth-order valence-corrected chi connectivity index (χ4v) is 3.75. The second kappa shape index (κ2) is 8.62. The minimum Gasteiger partial charge on any atom is -0.351 e. The van der Waals surface area contributed by atoms with Crippen molar-refractivity contribution in [2.45, 2.75) is 19.4 Å². The van der Waals surface area contributed by atoms with E-state index in [1.165, 1.54) is 43.2 Å². The fraction of sp³-hybridized carbons (Fsp3) is 0.318. The van der Waals surface area contributed by atoms with Crippen LogP contribution in [0.5, 0.6) is 0 Å². The molecule has 0 bridgehead atoms. The van der Waals surface area contributed by atoms with E-state index < -0.39 is 11.2 Å². The van der Waals surface area contributed by atoms with Crippen molar-refractivity contribution in [2.75, 3.05) is 26.2 Å². The van der Waals surface area contributed by atoms with Crippen molar-refractivity contribution in [3.8, 4) is 0 Å². The van der Waals surface area contributed by atoms with Crippen LogP contribution in [0.15, 0.2) is 52.1 Å². The average Bonchev–Trinajstić information content (AvgIpc) is 3.25. The van der Waals surface area contributed by atoms with Gasteiger partial charge in [0.15, 0.2) is 0 Å². The number of hydrogen-bond acceptors (Lipinski definition) is 4. The van der Waals surface area contributed by atoms with Crippen molar-refractivity contribution in [1.29, 1.82) is 0 Å². The number of halogens is 1. The van der Waals surface area contributed by atoms with Crippen LogP contribution < -0.4 is 16.6 Å². The van der Waals surface area contributed by atoms with Crippen LogP contribution in [0.3, 0.4) is 0 Å². The van der Waals surface area contributed by atoms with E-state index in [9.17, 15) is 18.8 Å².